The topological polar surface area (TPSA) is 110 Å². The van der Waals surface area contributed by atoms with Crippen LogP contribution in [0.5, 0.6) is 0 Å². The molecule has 0 radical (unpaired) electrons. The number of tetrazole rings is 1. The number of rotatable bonds is 4. The van der Waals surface area contributed by atoms with E-state index in [1.54, 1.807) is 18.2 Å². The number of thiophene rings is 1. The first-order valence-electron chi connectivity index (χ1n) is 6.18. The third kappa shape index (κ3) is 2.96. The van der Waals surface area contributed by atoms with Crippen LogP contribution in [0.25, 0.3) is 11.4 Å². The smallest absolute Gasteiger partial charge is 0.246 e. The van der Waals surface area contributed by atoms with E-state index in [-0.39, 0.29) is 5.91 Å². The Morgan fingerprint density at radius 1 is 1.33 bits per heavy atom. The van der Waals surface area contributed by atoms with Crippen molar-refractivity contribution in [3.8, 4) is 11.4 Å². The molecule has 0 fully saturated rings. The highest BCUT2D eigenvalue weighted by Gasteiger charge is 2.17. The molecule has 1 amide bonds. The van der Waals surface area contributed by atoms with E-state index in [0.717, 1.165) is 10.4 Å². The minimum atomic E-state index is -0.682. The van der Waals surface area contributed by atoms with Gasteiger partial charge < -0.3 is 11.1 Å². The second kappa shape index (κ2) is 5.81. The van der Waals surface area contributed by atoms with Crippen LogP contribution in [0, 0.1) is 0 Å². The lowest BCUT2D eigenvalue weighted by molar-refractivity contribution is -0.117. The molecule has 106 valence electrons. The molecule has 0 aliphatic rings. The number of carbonyl (C=O) groups excluding carboxylic acids is 1. The van der Waals surface area contributed by atoms with Crippen LogP contribution in [-0.2, 0) is 4.79 Å². The van der Waals surface area contributed by atoms with E-state index < -0.39 is 6.04 Å². The first kappa shape index (κ1) is 13.4. The van der Waals surface area contributed by atoms with Gasteiger partial charge in [0.1, 0.15) is 6.04 Å². The Bertz CT molecular complexity index is 725. The summed E-state index contributed by atoms with van der Waals surface area (Å²) >= 11 is 1.45. The number of H-pyrrole nitrogens is 1. The highest BCUT2D eigenvalue weighted by atomic mass is 32.1. The van der Waals surface area contributed by atoms with Crippen LogP contribution < -0.4 is 11.1 Å². The minimum Gasteiger partial charge on any atom is -0.324 e. The second-order valence-corrected chi connectivity index (χ2v) is 5.28. The number of hydrogen-bond acceptors (Lipinski definition) is 6. The zero-order valence-electron chi connectivity index (χ0n) is 10.9. The maximum atomic E-state index is 12.1. The average molecular weight is 300 g/mol. The summed E-state index contributed by atoms with van der Waals surface area (Å²) in [7, 11) is 0. The fourth-order valence-corrected chi connectivity index (χ4v) is 2.56. The van der Waals surface area contributed by atoms with Gasteiger partial charge in [0.2, 0.25) is 11.7 Å². The van der Waals surface area contributed by atoms with Gasteiger partial charge in [-0.15, -0.1) is 21.5 Å². The summed E-state index contributed by atoms with van der Waals surface area (Å²) in [4.78, 5) is 13.0. The molecular formula is C13H12N6OS. The van der Waals surface area contributed by atoms with Crippen molar-refractivity contribution in [3.63, 3.8) is 0 Å². The van der Waals surface area contributed by atoms with Crippen molar-refractivity contribution < 1.29 is 4.79 Å². The zero-order chi connectivity index (χ0) is 14.7. The molecule has 0 saturated heterocycles. The van der Waals surface area contributed by atoms with Crippen molar-refractivity contribution >= 4 is 22.9 Å². The lowest BCUT2D eigenvalue weighted by atomic mass is 10.1. The molecule has 0 saturated carbocycles. The van der Waals surface area contributed by atoms with Crippen LogP contribution in [-0.4, -0.2) is 26.5 Å². The number of nitrogens with one attached hydrogen (secondary N) is 2. The molecule has 0 bridgehead atoms. The lowest BCUT2D eigenvalue weighted by Crippen LogP contribution is -2.26. The standard InChI is InChI=1S/C13H12N6OS/c14-11(10-5-2-6-21-10)13(20)15-9-4-1-3-8(7-9)12-16-18-19-17-12/h1-7,11H,14H2,(H,15,20)(H,16,17,18,19). The van der Waals surface area contributed by atoms with Crippen LogP contribution in [0.1, 0.15) is 10.9 Å². The van der Waals surface area contributed by atoms with E-state index in [1.807, 2.05) is 23.6 Å². The number of amides is 1. The summed E-state index contributed by atoms with van der Waals surface area (Å²) in [5.41, 5.74) is 7.31. The van der Waals surface area contributed by atoms with E-state index in [2.05, 4.69) is 25.9 Å². The van der Waals surface area contributed by atoms with Crippen molar-refractivity contribution in [3.05, 3.63) is 46.7 Å². The largest absolute Gasteiger partial charge is 0.324 e. The third-order valence-electron chi connectivity index (χ3n) is 2.87. The molecule has 4 N–H and O–H groups in total. The van der Waals surface area contributed by atoms with E-state index >= 15 is 0 Å². The Balaban J connectivity index is 1.76. The molecule has 2 aromatic heterocycles. The van der Waals surface area contributed by atoms with Gasteiger partial charge in [-0.1, -0.05) is 18.2 Å². The lowest BCUT2D eigenvalue weighted by Gasteiger charge is -2.11. The number of nitrogens with zero attached hydrogens (tertiary/aromatic N) is 3. The van der Waals surface area contributed by atoms with Crippen molar-refractivity contribution in [1.82, 2.24) is 20.6 Å². The number of hydrogen-bond donors (Lipinski definition) is 3. The number of anilines is 1. The van der Waals surface area contributed by atoms with Crippen molar-refractivity contribution in [2.75, 3.05) is 5.32 Å². The van der Waals surface area contributed by atoms with Crippen LogP contribution in [0.15, 0.2) is 41.8 Å². The Morgan fingerprint density at radius 2 is 2.24 bits per heavy atom. The number of nitrogens with two attached hydrogens (primary N) is 1. The predicted octanol–water partition coefficient (Wildman–Crippen LogP) is 1.57. The molecule has 7 nitrogen and oxygen atoms in total. The van der Waals surface area contributed by atoms with Gasteiger partial charge in [-0.25, -0.2) is 0 Å². The van der Waals surface area contributed by atoms with Gasteiger partial charge in [0.05, 0.1) is 0 Å². The van der Waals surface area contributed by atoms with Gasteiger partial charge >= 0.3 is 0 Å². The number of aromatic amines is 1. The third-order valence-corrected chi connectivity index (χ3v) is 3.82. The molecule has 0 aliphatic heterocycles. The Hall–Kier alpha value is -2.58. The summed E-state index contributed by atoms with van der Waals surface area (Å²) in [6.07, 6.45) is 0. The Kier molecular flexibility index (Phi) is 3.71. The van der Waals surface area contributed by atoms with Crippen LogP contribution in [0.2, 0.25) is 0 Å². The molecule has 3 aromatic rings. The predicted molar refractivity (Wildman–Crippen MR) is 79.5 cm³/mol. The van der Waals surface area contributed by atoms with Crippen molar-refractivity contribution in [2.45, 2.75) is 6.04 Å². The van der Waals surface area contributed by atoms with Gasteiger partial charge in [-0.2, -0.15) is 5.21 Å². The molecule has 1 aromatic carbocycles. The molecular weight excluding hydrogens is 288 g/mol. The summed E-state index contributed by atoms with van der Waals surface area (Å²) < 4.78 is 0. The van der Waals surface area contributed by atoms with Crippen LogP contribution in [0.4, 0.5) is 5.69 Å². The summed E-state index contributed by atoms with van der Waals surface area (Å²) in [6, 6.07) is 10.2. The van der Waals surface area contributed by atoms with Gasteiger partial charge in [-0.05, 0) is 28.8 Å². The van der Waals surface area contributed by atoms with E-state index in [0.29, 0.717) is 11.5 Å². The number of aromatic nitrogens is 4. The fraction of sp³-hybridized carbons (Fsp3) is 0.0769. The van der Waals surface area contributed by atoms with Gasteiger partial charge in [0.15, 0.2) is 0 Å². The molecule has 1 unspecified atom stereocenters. The normalized spacial score (nSPS) is 12.0. The molecule has 0 aliphatic carbocycles. The minimum absolute atomic E-state index is 0.261. The van der Waals surface area contributed by atoms with Crippen molar-refractivity contribution in [2.24, 2.45) is 5.73 Å². The first-order valence-corrected chi connectivity index (χ1v) is 7.06. The fourth-order valence-electron chi connectivity index (χ4n) is 1.84. The molecule has 2 heterocycles. The van der Waals surface area contributed by atoms with Crippen LogP contribution >= 0.6 is 11.3 Å². The average Bonchev–Trinajstić information content (AvgIpc) is 3.20. The number of carbonyl (C=O) groups is 1. The first-order chi connectivity index (χ1) is 10.2. The number of benzene rings is 1. The molecule has 8 heteroatoms. The quantitative estimate of drug-likeness (QED) is 0.677. The highest BCUT2D eigenvalue weighted by molar-refractivity contribution is 7.10. The summed E-state index contributed by atoms with van der Waals surface area (Å²) in [5.74, 6) is 0.205. The molecule has 21 heavy (non-hydrogen) atoms. The highest BCUT2D eigenvalue weighted by Crippen LogP contribution is 2.21. The Labute approximate surface area is 124 Å². The van der Waals surface area contributed by atoms with Gasteiger partial charge in [-0.3, -0.25) is 4.79 Å². The molecule has 0 spiro atoms. The molecule has 3 rings (SSSR count). The van der Waals surface area contributed by atoms with Crippen molar-refractivity contribution in [1.29, 1.82) is 0 Å². The van der Waals surface area contributed by atoms with E-state index in [9.17, 15) is 4.79 Å². The molecule has 1 atom stereocenters. The summed E-state index contributed by atoms with van der Waals surface area (Å²) in [5, 5.41) is 18.4. The Morgan fingerprint density at radius 3 is 2.95 bits per heavy atom. The maximum absolute atomic E-state index is 12.1. The monoisotopic (exact) mass is 300 g/mol. The van der Waals surface area contributed by atoms with Gasteiger partial charge in [0.25, 0.3) is 0 Å². The van der Waals surface area contributed by atoms with E-state index in [1.165, 1.54) is 11.3 Å². The second-order valence-electron chi connectivity index (χ2n) is 4.30. The SMILES string of the molecule is NC(C(=O)Nc1cccc(-c2nn[nH]n2)c1)c1cccs1. The van der Waals surface area contributed by atoms with Gasteiger partial charge in [0, 0.05) is 16.1 Å². The van der Waals surface area contributed by atoms with Crippen LogP contribution in [0.3, 0.4) is 0 Å². The maximum Gasteiger partial charge on any atom is 0.246 e. The van der Waals surface area contributed by atoms with E-state index in [4.69, 9.17) is 5.73 Å². The summed E-state index contributed by atoms with van der Waals surface area (Å²) in [6.45, 7) is 0. The zero-order valence-corrected chi connectivity index (χ0v) is 11.7.